The second-order valence-electron chi connectivity index (χ2n) is 7.10. The number of ether oxygens (including phenoxy) is 1. The van der Waals surface area contributed by atoms with E-state index in [2.05, 4.69) is 10.1 Å². The van der Waals surface area contributed by atoms with Crippen molar-refractivity contribution in [1.82, 2.24) is 14.8 Å². The van der Waals surface area contributed by atoms with Crippen LogP contribution in [0.15, 0.2) is 36.8 Å². The Balaban J connectivity index is 1.74. The van der Waals surface area contributed by atoms with E-state index < -0.39 is 5.97 Å². The molecule has 2 aromatic heterocycles. The molecule has 0 unspecified atom stereocenters. The fourth-order valence-corrected chi connectivity index (χ4v) is 3.68. The van der Waals surface area contributed by atoms with Crippen molar-refractivity contribution in [3.8, 4) is 0 Å². The highest BCUT2D eigenvalue weighted by Crippen LogP contribution is 2.32. The summed E-state index contributed by atoms with van der Waals surface area (Å²) in [6.45, 7) is 5.28. The Morgan fingerprint density at radius 3 is 2.76 bits per heavy atom. The number of hydrogen-bond donors (Lipinski definition) is 0. The lowest BCUT2D eigenvalue weighted by Crippen LogP contribution is -2.51. The molecule has 0 saturated carbocycles. The Bertz CT molecular complexity index is 1090. The Hall–Kier alpha value is -3.42. The fourth-order valence-electron chi connectivity index (χ4n) is 3.68. The first-order valence-corrected chi connectivity index (χ1v) is 9.58. The minimum absolute atomic E-state index is 0.0447. The molecule has 1 aliphatic rings. The van der Waals surface area contributed by atoms with E-state index in [0.717, 1.165) is 22.2 Å². The summed E-state index contributed by atoms with van der Waals surface area (Å²) >= 11 is 0. The molecule has 4 rings (SSSR count). The molecule has 8 nitrogen and oxygen atoms in total. The first kappa shape index (κ1) is 18.9. The SMILES string of the molecule is CCOC(=O)c1cnc2ccc(C)cc2c1N1CCN(c2cnn(C)c2)C(=O)C1. The van der Waals surface area contributed by atoms with Crippen LogP contribution in [0.3, 0.4) is 0 Å². The summed E-state index contributed by atoms with van der Waals surface area (Å²) in [6, 6.07) is 5.91. The van der Waals surface area contributed by atoms with Crippen LogP contribution >= 0.6 is 0 Å². The van der Waals surface area contributed by atoms with Gasteiger partial charge in [0.1, 0.15) is 5.56 Å². The van der Waals surface area contributed by atoms with Crippen molar-refractivity contribution in [1.29, 1.82) is 0 Å². The smallest absolute Gasteiger partial charge is 0.341 e. The average molecular weight is 393 g/mol. The first-order chi connectivity index (χ1) is 14.0. The van der Waals surface area contributed by atoms with Crippen LogP contribution in [0.1, 0.15) is 22.8 Å². The summed E-state index contributed by atoms with van der Waals surface area (Å²) in [5, 5.41) is 5.00. The van der Waals surface area contributed by atoms with Gasteiger partial charge in [-0.3, -0.25) is 14.5 Å². The Labute approximate surface area is 168 Å². The maximum absolute atomic E-state index is 12.9. The number of carbonyl (C=O) groups excluding carboxylic acids is 2. The molecule has 8 heteroatoms. The van der Waals surface area contributed by atoms with Crippen molar-refractivity contribution in [2.45, 2.75) is 13.8 Å². The third-order valence-corrected chi connectivity index (χ3v) is 5.03. The topological polar surface area (TPSA) is 80.6 Å². The molecule has 0 bridgehead atoms. The van der Waals surface area contributed by atoms with Gasteiger partial charge in [-0.1, -0.05) is 11.6 Å². The van der Waals surface area contributed by atoms with Gasteiger partial charge in [-0.25, -0.2) is 4.79 Å². The lowest BCUT2D eigenvalue weighted by atomic mass is 10.0. The van der Waals surface area contributed by atoms with Crippen molar-refractivity contribution in [2.24, 2.45) is 7.05 Å². The molecule has 1 fully saturated rings. The summed E-state index contributed by atoms with van der Waals surface area (Å²) in [5.41, 5.74) is 3.70. The predicted molar refractivity (Wildman–Crippen MR) is 110 cm³/mol. The number of amides is 1. The molecule has 1 saturated heterocycles. The molecular weight excluding hydrogens is 370 g/mol. The standard InChI is InChI=1S/C21H23N5O3/c1-4-29-21(28)17-11-22-18-6-5-14(2)9-16(18)20(17)25-7-8-26(19(27)13-25)15-10-23-24(3)12-15/h5-6,9-12H,4,7-8,13H2,1-3H3. The number of aromatic nitrogens is 3. The van der Waals surface area contributed by atoms with Gasteiger partial charge in [-0.15, -0.1) is 0 Å². The van der Waals surface area contributed by atoms with Crippen molar-refractivity contribution in [3.05, 3.63) is 47.9 Å². The maximum atomic E-state index is 12.9. The number of aryl methyl sites for hydroxylation is 2. The summed E-state index contributed by atoms with van der Waals surface area (Å²) in [7, 11) is 1.82. The molecule has 0 aliphatic carbocycles. The summed E-state index contributed by atoms with van der Waals surface area (Å²) in [5.74, 6) is -0.475. The van der Waals surface area contributed by atoms with Crippen LogP contribution in [0.5, 0.6) is 0 Å². The molecule has 1 aromatic carbocycles. The van der Waals surface area contributed by atoms with Crippen LogP contribution in [-0.4, -0.2) is 52.9 Å². The molecule has 0 spiro atoms. The number of piperazine rings is 1. The minimum atomic E-state index is -0.430. The van der Waals surface area contributed by atoms with E-state index in [4.69, 9.17) is 4.74 Å². The highest BCUT2D eigenvalue weighted by Gasteiger charge is 2.30. The maximum Gasteiger partial charge on any atom is 0.341 e. The number of anilines is 2. The molecule has 3 aromatic rings. The summed E-state index contributed by atoms with van der Waals surface area (Å²) in [6.07, 6.45) is 5.05. The summed E-state index contributed by atoms with van der Waals surface area (Å²) in [4.78, 5) is 33.6. The third kappa shape index (κ3) is 3.53. The number of benzene rings is 1. The van der Waals surface area contributed by atoms with Crippen LogP contribution in [0.4, 0.5) is 11.4 Å². The van der Waals surface area contributed by atoms with E-state index in [1.54, 1.807) is 28.9 Å². The Morgan fingerprint density at radius 1 is 1.24 bits per heavy atom. The van der Waals surface area contributed by atoms with Crippen molar-refractivity contribution >= 4 is 34.2 Å². The van der Waals surface area contributed by atoms with Crippen molar-refractivity contribution in [3.63, 3.8) is 0 Å². The number of pyridine rings is 1. The van der Waals surface area contributed by atoms with E-state index in [9.17, 15) is 9.59 Å². The van der Waals surface area contributed by atoms with Crippen LogP contribution in [0, 0.1) is 6.92 Å². The number of rotatable bonds is 4. The highest BCUT2D eigenvalue weighted by molar-refractivity contribution is 6.07. The van der Waals surface area contributed by atoms with Crippen LogP contribution in [0.2, 0.25) is 0 Å². The van der Waals surface area contributed by atoms with Gasteiger partial charge < -0.3 is 14.5 Å². The van der Waals surface area contributed by atoms with Gasteiger partial charge in [0.2, 0.25) is 5.91 Å². The molecule has 3 heterocycles. The van der Waals surface area contributed by atoms with E-state index in [0.29, 0.717) is 24.3 Å². The largest absolute Gasteiger partial charge is 0.462 e. The second kappa shape index (κ2) is 7.54. The van der Waals surface area contributed by atoms with Gasteiger partial charge >= 0.3 is 5.97 Å². The Morgan fingerprint density at radius 2 is 2.07 bits per heavy atom. The van der Waals surface area contributed by atoms with Gasteiger partial charge in [0.15, 0.2) is 0 Å². The quantitative estimate of drug-likeness (QED) is 0.633. The van der Waals surface area contributed by atoms with E-state index >= 15 is 0 Å². The van der Waals surface area contributed by atoms with Crippen molar-refractivity contribution in [2.75, 3.05) is 36.0 Å². The minimum Gasteiger partial charge on any atom is -0.462 e. The zero-order valence-corrected chi connectivity index (χ0v) is 16.8. The Kier molecular flexibility index (Phi) is 4.92. The first-order valence-electron chi connectivity index (χ1n) is 9.58. The van der Waals surface area contributed by atoms with Crippen LogP contribution in [0.25, 0.3) is 10.9 Å². The van der Waals surface area contributed by atoms with Gasteiger partial charge in [0, 0.05) is 37.9 Å². The fraction of sp³-hybridized carbons (Fsp3) is 0.333. The van der Waals surface area contributed by atoms with Gasteiger partial charge in [0.05, 0.1) is 36.2 Å². The molecule has 0 radical (unpaired) electrons. The van der Waals surface area contributed by atoms with E-state index in [-0.39, 0.29) is 19.1 Å². The van der Waals surface area contributed by atoms with E-state index in [1.165, 1.54) is 0 Å². The zero-order chi connectivity index (χ0) is 20.5. The number of fused-ring (bicyclic) bond motifs is 1. The molecule has 150 valence electrons. The van der Waals surface area contributed by atoms with E-state index in [1.807, 2.05) is 43.3 Å². The number of carbonyl (C=O) groups is 2. The normalized spacial score (nSPS) is 14.5. The summed E-state index contributed by atoms with van der Waals surface area (Å²) < 4.78 is 6.92. The van der Waals surface area contributed by atoms with Crippen LogP contribution in [-0.2, 0) is 16.6 Å². The number of esters is 1. The lowest BCUT2D eigenvalue weighted by Gasteiger charge is -2.36. The van der Waals surface area contributed by atoms with Gasteiger partial charge in [0.25, 0.3) is 0 Å². The predicted octanol–water partition coefficient (Wildman–Crippen LogP) is 2.31. The molecule has 0 atom stereocenters. The van der Waals surface area contributed by atoms with Gasteiger partial charge in [-0.2, -0.15) is 5.10 Å². The van der Waals surface area contributed by atoms with Crippen LogP contribution < -0.4 is 9.80 Å². The molecule has 1 amide bonds. The zero-order valence-electron chi connectivity index (χ0n) is 16.8. The highest BCUT2D eigenvalue weighted by atomic mass is 16.5. The number of hydrogen-bond acceptors (Lipinski definition) is 6. The third-order valence-electron chi connectivity index (χ3n) is 5.03. The lowest BCUT2D eigenvalue weighted by molar-refractivity contribution is -0.117. The molecule has 1 aliphatic heterocycles. The second-order valence-corrected chi connectivity index (χ2v) is 7.10. The van der Waals surface area contributed by atoms with Gasteiger partial charge in [-0.05, 0) is 26.0 Å². The molecular formula is C21H23N5O3. The average Bonchev–Trinajstić information content (AvgIpc) is 3.13. The monoisotopic (exact) mass is 393 g/mol. The molecule has 0 N–H and O–H groups in total. The molecule has 29 heavy (non-hydrogen) atoms. The van der Waals surface area contributed by atoms with Crippen molar-refractivity contribution < 1.29 is 14.3 Å². The number of nitrogens with zero attached hydrogens (tertiary/aromatic N) is 5.